The zero-order chi connectivity index (χ0) is 9.84. The zero-order valence-corrected chi connectivity index (χ0v) is 8.30. The van der Waals surface area contributed by atoms with E-state index in [4.69, 9.17) is 15.7 Å². The molecule has 74 valence electrons. The average molecular weight is 213 g/mol. The molecule has 1 aromatic carbocycles. The molecule has 0 bridgehead atoms. The molecule has 0 radical (unpaired) electrons. The third-order valence-electron chi connectivity index (χ3n) is 1.61. The fourth-order valence-corrected chi connectivity index (χ4v) is 1.04. The first-order valence-corrected chi connectivity index (χ1v) is 3.57. The lowest BCUT2D eigenvalue weighted by Gasteiger charge is -2.05. The van der Waals surface area contributed by atoms with Crippen molar-refractivity contribution in [1.29, 1.82) is 5.26 Å². The lowest BCUT2D eigenvalue weighted by Crippen LogP contribution is -2.12. The molecule has 0 spiro atoms. The Labute approximate surface area is 87.7 Å². The lowest BCUT2D eigenvalue weighted by molar-refractivity contribution is 0.0997. The number of hydrogen-bond acceptors (Lipinski definition) is 3. The van der Waals surface area contributed by atoms with Crippen LogP contribution < -0.4 is 10.5 Å². The summed E-state index contributed by atoms with van der Waals surface area (Å²) in [6, 6.07) is 6.57. The van der Waals surface area contributed by atoms with Gasteiger partial charge in [0.1, 0.15) is 11.8 Å². The van der Waals surface area contributed by atoms with Gasteiger partial charge in [-0.05, 0) is 12.1 Å². The largest absolute Gasteiger partial charge is 0.495 e. The molecule has 14 heavy (non-hydrogen) atoms. The van der Waals surface area contributed by atoms with Gasteiger partial charge >= 0.3 is 0 Å². The molecule has 5 heteroatoms. The first-order valence-electron chi connectivity index (χ1n) is 3.57. The molecule has 2 N–H and O–H groups in total. The highest BCUT2D eigenvalue weighted by Crippen LogP contribution is 2.22. The van der Waals surface area contributed by atoms with Crippen LogP contribution in [0.2, 0.25) is 0 Å². The number of methoxy groups -OCH3 is 1. The molecule has 0 saturated carbocycles. The molecule has 4 nitrogen and oxygen atoms in total. The summed E-state index contributed by atoms with van der Waals surface area (Å²) >= 11 is 0. The van der Waals surface area contributed by atoms with Crippen LogP contribution in [0.5, 0.6) is 5.75 Å². The second kappa shape index (κ2) is 5.10. The molecular weight excluding hydrogens is 204 g/mol. The van der Waals surface area contributed by atoms with Gasteiger partial charge in [-0.1, -0.05) is 6.07 Å². The highest BCUT2D eigenvalue weighted by molar-refractivity contribution is 5.96. The topological polar surface area (TPSA) is 76.1 Å². The van der Waals surface area contributed by atoms with E-state index in [1.54, 1.807) is 12.1 Å². The van der Waals surface area contributed by atoms with Crippen LogP contribution in [-0.2, 0) is 0 Å². The van der Waals surface area contributed by atoms with Crippen LogP contribution in [0.15, 0.2) is 18.2 Å². The third-order valence-corrected chi connectivity index (χ3v) is 1.61. The van der Waals surface area contributed by atoms with Gasteiger partial charge < -0.3 is 10.5 Å². The maximum absolute atomic E-state index is 10.9. The third kappa shape index (κ3) is 2.15. The van der Waals surface area contributed by atoms with Gasteiger partial charge in [0.2, 0.25) is 0 Å². The fraction of sp³-hybridized carbons (Fsp3) is 0.111. The van der Waals surface area contributed by atoms with Gasteiger partial charge in [-0.2, -0.15) is 5.26 Å². The number of nitrogens with two attached hydrogens (primary N) is 1. The summed E-state index contributed by atoms with van der Waals surface area (Å²) < 4.78 is 4.91. The Kier molecular flexibility index (Phi) is 4.47. The molecular formula is C9H9ClN2O2. The van der Waals surface area contributed by atoms with E-state index in [0.717, 1.165) is 0 Å². The smallest absolute Gasteiger partial charge is 0.252 e. The summed E-state index contributed by atoms with van der Waals surface area (Å²) in [4.78, 5) is 10.9. The first kappa shape index (κ1) is 12.3. The molecule has 0 aromatic heterocycles. The lowest BCUT2D eigenvalue weighted by atomic mass is 10.1. The molecule has 0 fully saturated rings. The van der Waals surface area contributed by atoms with Crippen molar-refractivity contribution in [3.63, 3.8) is 0 Å². The quantitative estimate of drug-likeness (QED) is 0.797. The molecule has 1 rings (SSSR count). The first-order chi connectivity index (χ1) is 6.20. The molecule has 0 unspecified atom stereocenters. The van der Waals surface area contributed by atoms with E-state index in [0.29, 0.717) is 5.56 Å². The van der Waals surface area contributed by atoms with Crippen LogP contribution in [-0.4, -0.2) is 13.0 Å². The number of carbonyl (C=O) groups excluding carboxylic acids is 1. The summed E-state index contributed by atoms with van der Waals surface area (Å²) in [7, 11) is 1.39. The van der Waals surface area contributed by atoms with E-state index in [9.17, 15) is 4.79 Å². The van der Waals surface area contributed by atoms with Crippen molar-refractivity contribution in [2.24, 2.45) is 5.73 Å². The van der Waals surface area contributed by atoms with Crippen molar-refractivity contribution in [2.45, 2.75) is 0 Å². The summed E-state index contributed by atoms with van der Waals surface area (Å²) in [5, 5.41) is 8.67. The van der Waals surface area contributed by atoms with E-state index < -0.39 is 5.91 Å². The second-order valence-electron chi connectivity index (χ2n) is 2.36. The number of para-hydroxylation sites is 1. The maximum atomic E-state index is 10.9. The Morgan fingerprint density at radius 3 is 2.64 bits per heavy atom. The molecule has 0 aliphatic carbocycles. The number of nitrogens with zero attached hydrogens (tertiary/aromatic N) is 1. The standard InChI is InChI=1S/C9H8N2O2.ClH/c1-13-8-6(5-10)3-2-4-7(8)9(11)12;/h2-4H,1H3,(H2,11,12);1H. The number of ether oxygens (including phenoxy) is 1. The van der Waals surface area contributed by atoms with Gasteiger partial charge in [-0.25, -0.2) is 0 Å². The van der Waals surface area contributed by atoms with Gasteiger partial charge in [-0.15, -0.1) is 12.4 Å². The Morgan fingerprint density at radius 1 is 1.57 bits per heavy atom. The van der Waals surface area contributed by atoms with E-state index in [2.05, 4.69) is 0 Å². The molecule has 0 aliphatic rings. The van der Waals surface area contributed by atoms with Gasteiger partial charge in [-0.3, -0.25) is 4.79 Å². The maximum Gasteiger partial charge on any atom is 0.252 e. The van der Waals surface area contributed by atoms with Gasteiger partial charge in [0, 0.05) is 0 Å². The number of carbonyl (C=O) groups is 1. The minimum atomic E-state index is -0.603. The van der Waals surface area contributed by atoms with Crippen molar-refractivity contribution in [3.05, 3.63) is 29.3 Å². The fourth-order valence-electron chi connectivity index (χ4n) is 1.04. The minimum Gasteiger partial charge on any atom is -0.495 e. The van der Waals surface area contributed by atoms with Gasteiger partial charge in [0.25, 0.3) is 5.91 Å². The summed E-state index contributed by atoms with van der Waals surface area (Å²) in [5.41, 5.74) is 5.61. The number of rotatable bonds is 2. The van der Waals surface area contributed by atoms with E-state index in [1.165, 1.54) is 13.2 Å². The average Bonchev–Trinajstić information content (AvgIpc) is 2.16. The molecule has 1 aromatic rings. The van der Waals surface area contributed by atoms with Crippen molar-refractivity contribution in [2.75, 3.05) is 7.11 Å². The normalized spacial score (nSPS) is 8.29. The van der Waals surface area contributed by atoms with Crippen molar-refractivity contribution < 1.29 is 9.53 Å². The van der Waals surface area contributed by atoms with Crippen molar-refractivity contribution in [1.82, 2.24) is 0 Å². The number of nitriles is 1. The number of primary amides is 1. The number of halogens is 1. The molecule has 0 aliphatic heterocycles. The van der Waals surface area contributed by atoms with E-state index in [1.807, 2.05) is 6.07 Å². The van der Waals surface area contributed by atoms with E-state index >= 15 is 0 Å². The van der Waals surface area contributed by atoms with Crippen molar-refractivity contribution in [3.8, 4) is 11.8 Å². The predicted molar refractivity (Wildman–Crippen MR) is 53.5 cm³/mol. The Bertz CT molecular complexity index is 385. The second-order valence-corrected chi connectivity index (χ2v) is 2.36. The van der Waals surface area contributed by atoms with E-state index in [-0.39, 0.29) is 23.7 Å². The van der Waals surface area contributed by atoms with Crippen molar-refractivity contribution >= 4 is 18.3 Å². The number of hydrogen-bond donors (Lipinski definition) is 1. The highest BCUT2D eigenvalue weighted by Gasteiger charge is 2.11. The zero-order valence-electron chi connectivity index (χ0n) is 7.48. The minimum absolute atomic E-state index is 0. The predicted octanol–water partition coefficient (Wildman–Crippen LogP) is 1.09. The monoisotopic (exact) mass is 212 g/mol. The van der Waals surface area contributed by atoms with Crippen LogP contribution in [0.1, 0.15) is 15.9 Å². The molecule has 0 atom stereocenters. The molecule has 0 heterocycles. The summed E-state index contributed by atoms with van der Waals surface area (Å²) in [5.74, 6) is -0.369. The highest BCUT2D eigenvalue weighted by atomic mass is 35.5. The summed E-state index contributed by atoms with van der Waals surface area (Å²) in [6.45, 7) is 0. The van der Waals surface area contributed by atoms with Gasteiger partial charge in [0.15, 0.2) is 0 Å². The van der Waals surface area contributed by atoms with Crippen LogP contribution in [0, 0.1) is 11.3 Å². The van der Waals surface area contributed by atoms with Crippen LogP contribution >= 0.6 is 12.4 Å². The summed E-state index contributed by atoms with van der Waals surface area (Å²) in [6.07, 6.45) is 0. The Hall–Kier alpha value is -1.73. The number of benzene rings is 1. The molecule has 1 amide bonds. The van der Waals surface area contributed by atoms with Crippen LogP contribution in [0.4, 0.5) is 0 Å². The SMILES string of the molecule is COc1c(C#N)cccc1C(N)=O.Cl. The van der Waals surface area contributed by atoms with Crippen LogP contribution in [0.3, 0.4) is 0 Å². The Morgan fingerprint density at radius 2 is 2.21 bits per heavy atom. The van der Waals surface area contributed by atoms with Gasteiger partial charge in [0.05, 0.1) is 18.2 Å². The van der Waals surface area contributed by atoms with Crippen LogP contribution in [0.25, 0.3) is 0 Å². The number of amides is 1. The Balaban J connectivity index is 0.00000169. The molecule has 0 saturated heterocycles.